The van der Waals surface area contributed by atoms with E-state index in [0.717, 1.165) is 23.8 Å². The van der Waals surface area contributed by atoms with E-state index in [4.69, 9.17) is 4.74 Å². The summed E-state index contributed by atoms with van der Waals surface area (Å²) in [6.45, 7) is 5.73. The van der Waals surface area contributed by atoms with Crippen molar-refractivity contribution in [3.63, 3.8) is 0 Å². The largest absolute Gasteiger partial charge is 0.481 e. The molecule has 2 rings (SSSR count). The zero-order valence-corrected chi connectivity index (χ0v) is 15.9. The Balaban J connectivity index is 2.00. The Morgan fingerprint density at radius 2 is 2.16 bits per heavy atom. The fourth-order valence-electron chi connectivity index (χ4n) is 2.70. The number of nitrogens with one attached hydrogen (secondary N) is 1. The van der Waals surface area contributed by atoms with Gasteiger partial charge in [0.2, 0.25) is 5.88 Å². The van der Waals surface area contributed by atoms with Gasteiger partial charge in [0.05, 0.1) is 12.8 Å². The fraction of sp³-hybridized carbons (Fsp3) is 0.500. The third kappa shape index (κ3) is 4.95. The van der Waals surface area contributed by atoms with E-state index in [-0.39, 0.29) is 0 Å². The van der Waals surface area contributed by atoms with Gasteiger partial charge in [0.25, 0.3) is 0 Å². The van der Waals surface area contributed by atoms with E-state index >= 15 is 0 Å². The van der Waals surface area contributed by atoms with Crippen LogP contribution in [0.5, 0.6) is 5.88 Å². The number of ether oxygens (including phenoxy) is 1. The number of guanidine groups is 1. The summed E-state index contributed by atoms with van der Waals surface area (Å²) in [5.74, 6) is 1.84. The van der Waals surface area contributed by atoms with E-state index in [2.05, 4.69) is 45.3 Å². The average Bonchev–Trinajstić information content (AvgIpc) is 2.96. The van der Waals surface area contributed by atoms with Gasteiger partial charge in [-0.1, -0.05) is 19.9 Å². The third-order valence-corrected chi connectivity index (χ3v) is 3.92. The van der Waals surface area contributed by atoms with E-state index in [1.54, 1.807) is 20.4 Å². The van der Waals surface area contributed by atoms with E-state index in [1.807, 2.05) is 30.9 Å². The van der Waals surface area contributed by atoms with Gasteiger partial charge in [-0.15, -0.1) is 0 Å². The molecule has 0 aliphatic heterocycles. The van der Waals surface area contributed by atoms with Crippen LogP contribution in [0.25, 0.3) is 0 Å². The molecule has 0 aromatic carbocycles. The number of aryl methyl sites for hydroxylation is 1. The Bertz CT molecular complexity index is 705. The topological polar surface area (TPSA) is 67.6 Å². The molecule has 0 saturated carbocycles. The lowest BCUT2D eigenvalue weighted by molar-refractivity contribution is 0.397. The quantitative estimate of drug-likeness (QED) is 0.642. The van der Waals surface area contributed by atoms with Crippen LogP contribution in [0.2, 0.25) is 0 Å². The van der Waals surface area contributed by atoms with Crippen molar-refractivity contribution < 1.29 is 4.74 Å². The summed E-state index contributed by atoms with van der Waals surface area (Å²) in [5, 5.41) is 7.93. The van der Waals surface area contributed by atoms with Gasteiger partial charge < -0.3 is 15.0 Å². The molecule has 2 aromatic rings. The number of rotatable bonds is 6. The van der Waals surface area contributed by atoms with Crippen LogP contribution in [0.1, 0.15) is 36.6 Å². The molecule has 0 bridgehead atoms. The van der Waals surface area contributed by atoms with Crippen molar-refractivity contribution in [1.82, 2.24) is 25.0 Å². The normalized spacial score (nSPS) is 11.7. The van der Waals surface area contributed by atoms with Crippen molar-refractivity contribution >= 4 is 5.96 Å². The molecule has 0 aliphatic carbocycles. The molecule has 2 aromatic heterocycles. The zero-order valence-electron chi connectivity index (χ0n) is 15.9. The maximum absolute atomic E-state index is 5.08. The maximum Gasteiger partial charge on any atom is 0.212 e. The average molecular weight is 344 g/mol. The van der Waals surface area contributed by atoms with E-state index in [9.17, 15) is 0 Å². The first-order valence-corrected chi connectivity index (χ1v) is 8.37. The summed E-state index contributed by atoms with van der Waals surface area (Å²) >= 11 is 0. The number of aromatic nitrogens is 3. The Kier molecular flexibility index (Phi) is 6.38. The molecule has 1 N–H and O–H groups in total. The van der Waals surface area contributed by atoms with Crippen molar-refractivity contribution in [2.24, 2.45) is 12.0 Å². The fourth-order valence-corrected chi connectivity index (χ4v) is 2.70. The van der Waals surface area contributed by atoms with Crippen LogP contribution in [0.15, 0.2) is 29.5 Å². The smallest absolute Gasteiger partial charge is 0.212 e. The molecule has 0 spiro atoms. The number of hydrogen-bond donors (Lipinski definition) is 1. The summed E-state index contributed by atoms with van der Waals surface area (Å²) in [6.07, 6.45) is 3.88. The first-order valence-electron chi connectivity index (χ1n) is 8.37. The van der Waals surface area contributed by atoms with Crippen molar-refractivity contribution in [3.8, 4) is 5.88 Å². The summed E-state index contributed by atoms with van der Waals surface area (Å²) in [4.78, 5) is 10.7. The minimum atomic E-state index is 0.393. The van der Waals surface area contributed by atoms with Crippen molar-refractivity contribution in [3.05, 3.63) is 41.3 Å². The van der Waals surface area contributed by atoms with Gasteiger partial charge in [-0.25, -0.2) is 4.98 Å². The van der Waals surface area contributed by atoms with E-state index in [1.165, 1.54) is 5.56 Å². The zero-order chi connectivity index (χ0) is 18.4. The van der Waals surface area contributed by atoms with Crippen molar-refractivity contribution in [2.45, 2.75) is 32.9 Å². The summed E-state index contributed by atoms with van der Waals surface area (Å²) in [6, 6.07) is 3.85. The number of hydrogen-bond acceptors (Lipinski definition) is 4. The molecule has 0 atom stereocenters. The second-order valence-corrected chi connectivity index (χ2v) is 6.33. The van der Waals surface area contributed by atoms with Gasteiger partial charge >= 0.3 is 0 Å². The Morgan fingerprint density at radius 1 is 1.40 bits per heavy atom. The van der Waals surface area contributed by atoms with Crippen molar-refractivity contribution in [2.75, 3.05) is 21.2 Å². The van der Waals surface area contributed by atoms with Gasteiger partial charge in [0, 0.05) is 58.3 Å². The van der Waals surface area contributed by atoms with Crippen molar-refractivity contribution in [1.29, 1.82) is 0 Å². The van der Waals surface area contributed by atoms with Gasteiger partial charge in [0.1, 0.15) is 0 Å². The van der Waals surface area contributed by atoms with Crippen LogP contribution < -0.4 is 10.1 Å². The van der Waals surface area contributed by atoms with Crippen LogP contribution in [-0.4, -0.2) is 46.8 Å². The summed E-state index contributed by atoms with van der Waals surface area (Å²) in [5.41, 5.74) is 3.41. The van der Waals surface area contributed by atoms with Gasteiger partial charge in [-0.05, 0) is 11.5 Å². The molecular weight excluding hydrogens is 316 g/mol. The molecule has 2 heterocycles. The van der Waals surface area contributed by atoms with Crippen LogP contribution in [0, 0.1) is 0 Å². The number of aliphatic imine (C=N–C) groups is 1. The Labute approximate surface area is 149 Å². The second kappa shape index (κ2) is 8.50. The van der Waals surface area contributed by atoms with Gasteiger partial charge in [-0.2, -0.15) is 5.10 Å². The molecular formula is C18H28N6O. The van der Waals surface area contributed by atoms with Crippen LogP contribution in [0.3, 0.4) is 0 Å². The molecule has 7 nitrogen and oxygen atoms in total. The minimum absolute atomic E-state index is 0.393. The second-order valence-electron chi connectivity index (χ2n) is 6.33. The first-order chi connectivity index (χ1) is 11.9. The highest BCUT2D eigenvalue weighted by atomic mass is 16.5. The SMILES string of the molecule is CN=C(NCc1ccc(OC)nc1)N(C)Cc1cn(C)nc1C(C)C. The van der Waals surface area contributed by atoms with Crippen LogP contribution >= 0.6 is 0 Å². The van der Waals surface area contributed by atoms with E-state index in [0.29, 0.717) is 18.3 Å². The lowest BCUT2D eigenvalue weighted by Crippen LogP contribution is -2.38. The molecule has 0 amide bonds. The highest BCUT2D eigenvalue weighted by Gasteiger charge is 2.15. The van der Waals surface area contributed by atoms with Crippen LogP contribution in [0.4, 0.5) is 0 Å². The summed E-state index contributed by atoms with van der Waals surface area (Å²) < 4.78 is 6.95. The molecule has 0 fully saturated rings. The summed E-state index contributed by atoms with van der Waals surface area (Å²) in [7, 11) is 7.39. The molecule has 0 saturated heterocycles. The Morgan fingerprint density at radius 3 is 2.72 bits per heavy atom. The number of methoxy groups -OCH3 is 1. The van der Waals surface area contributed by atoms with E-state index < -0.39 is 0 Å². The third-order valence-electron chi connectivity index (χ3n) is 3.92. The predicted molar refractivity (Wildman–Crippen MR) is 99.8 cm³/mol. The first kappa shape index (κ1) is 18.8. The predicted octanol–water partition coefficient (Wildman–Crippen LogP) is 2.15. The standard InChI is InChI=1S/C18H28N6O/c1-13(2)17-15(12-24(5)22-17)11-23(4)18(19-3)21-10-14-7-8-16(25-6)20-9-14/h7-9,12-13H,10-11H2,1-6H3,(H,19,21). The molecule has 0 aliphatic rings. The molecule has 0 radical (unpaired) electrons. The molecule has 136 valence electrons. The lowest BCUT2D eigenvalue weighted by atomic mass is 10.1. The minimum Gasteiger partial charge on any atom is -0.481 e. The Hall–Kier alpha value is -2.57. The maximum atomic E-state index is 5.08. The van der Waals surface area contributed by atoms with Gasteiger partial charge in [0.15, 0.2) is 5.96 Å². The van der Waals surface area contributed by atoms with Crippen LogP contribution in [-0.2, 0) is 20.1 Å². The lowest BCUT2D eigenvalue weighted by Gasteiger charge is -2.22. The highest BCUT2D eigenvalue weighted by Crippen LogP contribution is 2.18. The number of nitrogens with zero attached hydrogens (tertiary/aromatic N) is 5. The molecule has 0 unspecified atom stereocenters. The molecule has 25 heavy (non-hydrogen) atoms. The monoisotopic (exact) mass is 344 g/mol. The molecule has 7 heteroatoms. The van der Waals surface area contributed by atoms with Gasteiger partial charge in [-0.3, -0.25) is 9.67 Å². The highest BCUT2D eigenvalue weighted by molar-refractivity contribution is 5.79. The number of pyridine rings is 1.